The zero-order chi connectivity index (χ0) is 12.6. The van der Waals surface area contributed by atoms with Gasteiger partial charge >= 0.3 is 0 Å². The van der Waals surface area contributed by atoms with Gasteiger partial charge in [0, 0.05) is 13.1 Å². The molecule has 1 fully saturated rings. The summed E-state index contributed by atoms with van der Waals surface area (Å²) >= 11 is 0. The van der Waals surface area contributed by atoms with Gasteiger partial charge in [-0.2, -0.15) is 0 Å². The summed E-state index contributed by atoms with van der Waals surface area (Å²) in [6.07, 6.45) is 5.57. The van der Waals surface area contributed by atoms with Crippen molar-refractivity contribution in [1.82, 2.24) is 10.2 Å². The SMILES string of the molecule is CCNCc1ccccc1CN1CCCCCC1. The highest BCUT2D eigenvalue weighted by molar-refractivity contribution is 5.27. The quantitative estimate of drug-likeness (QED) is 0.858. The largest absolute Gasteiger partial charge is 0.313 e. The second-order valence-corrected chi connectivity index (χ2v) is 5.24. The Morgan fingerprint density at radius 3 is 2.33 bits per heavy atom. The Kier molecular flexibility index (Phi) is 5.69. The molecule has 1 aromatic rings. The molecule has 0 aromatic heterocycles. The highest BCUT2D eigenvalue weighted by atomic mass is 15.1. The van der Waals surface area contributed by atoms with Crippen molar-refractivity contribution in [2.24, 2.45) is 0 Å². The van der Waals surface area contributed by atoms with Crippen LogP contribution in [-0.4, -0.2) is 24.5 Å². The molecule has 1 aromatic carbocycles. The zero-order valence-corrected chi connectivity index (χ0v) is 11.6. The van der Waals surface area contributed by atoms with E-state index < -0.39 is 0 Å². The zero-order valence-electron chi connectivity index (χ0n) is 11.6. The van der Waals surface area contributed by atoms with Crippen LogP contribution in [-0.2, 0) is 13.1 Å². The van der Waals surface area contributed by atoms with E-state index in [-0.39, 0.29) is 0 Å². The summed E-state index contributed by atoms with van der Waals surface area (Å²) in [4.78, 5) is 2.62. The van der Waals surface area contributed by atoms with Gasteiger partial charge in [0.05, 0.1) is 0 Å². The standard InChI is InChI=1S/C16H26N2/c1-2-17-13-15-9-5-6-10-16(15)14-18-11-7-3-4-8-12-18/h5-6,9-10,17H,2-4,7-8,11-14H2,1H3. The summed E-state index contributed by atoms with van der Waals surface area (Å²) in [6, 6.07) is 8.87. The fraction of sp³-hybridized carbons (Fsp3) is 0.625. The van der Waals surface area contributed by atoms with Crippen LogP contribution in [0.5, 0.6) is 0 Å². The molecule has 0 saturated carbocycles. The van der Waals surface area contributed by atoms with E-state index in [0.29, 0.717) is 0 Å². The Hall–Kier alpha value is -0.860. The van der Waals surface area contributed by atoms with E-state index in [1.165, 1.54) is 49.9 Å². The van der Waals surface area contributed by atoms with Crippen molar-refractivity contribution in [3.63, 3.8) is 0 Å². The van der Waals surface area contributed by atoms with Crippen LogP contribution in [0.15, 0.2) is 24.3 Å². The van der Waals surface area contributed by atoms with Gasteiger partial charge in [-0.3, -0.25) is 4.90 Å². The van der Waals surface area contributed by atoms with Crippen molar-refractivity contribution in [1.29, 1.82) is 0 Å². The Balaban J connectivity index is 1.98. The molecule has 0 aliphatic carbocycles. The normalized spacial score (nSPS) is 17.6. The number of benzene rings is 1. The highest BCUT2D eigenvalue weighted by Gasteiger charge is 2.11. The second-order valence-electron chi connectivity index (χ2n) is 5.24. The molecule has 0 unspecified atom stereocenters. The third kappa shape index (κ3) is 4.11. The number of hydrogen-bond donors (Lipinski definition) is 1. The van der Waals surface area contributed by atoms with Crippen molar-refractivity contribution in [2.45, 2.75) is 45.7 Å². The van der Waals surface area contributed by atoms with Crippen LogP contribution >= 0.6 is 0 Å². The van der Waals surface area contributed by atoms with E-state index in [0.717, 1.165) is 19.6 Å². The number of hydrogen-bond acceptors (Lipinski definition) is 2. The minimum Gasteiger partial charge on any atom is -0.313 e. The van der Waals surface area contributed by atoms with Crippen LogP contribution < -0.4 is 5.32 Å². The molecular formula is C16H26N2. The summed E-state index contributed by atoms with van der Waals surface area (Å²) in [5.41, 5.74) is 2.96. The molecule has 1 N–H and O–H groups in total. The van der Waals surface area contributed by atoms with E-state index in [1.54, 1.807) is 0 Å². The fourth-order valence-corrected chi connectivity index (χ4v) is 2.68. The van der Waals surface area contributed by atoms with Gasteiger partial charge in [0.15, 0.2) is 0 Å². The molecule has 2 nitrogen and oxygen atoms in total. The van der Waals surface area contributed by atoms with Gasteiger partial charge in [0.2, 0.25) is 0 Å². The van der Waals surface area contributed by atoms with Crippen molar-refractivity contribution >= 4 is 0 Å². The third-order valence-electron chi connectivity index (χ3n) is 3.78. The van der Waals surface area contributed by atoms with Gasteiger partial charge in [0.1, 0.15) is 0 Å². The van der Waals surface area contributed by atoms with Crippen LogP contribution in [0.4, 0.5) is 0 Å². The topological polar surface area (TPSA) is 15.3 Å². The van der Waals surface area contributed by atoms with E-state index >= 15 is 0 Å². The number of nitrogens with one attached hydrogen (secondary N) is 1. The first kappa shape index (κ1) is 13.6. The Morgan fingerprint density at radius 1 is 1.00 bits per heavy atom. The molecule has 0 atom stereocenters. The van der Waals surface area contributed by atoms with Gasteiger partial charge in [-0.05, 0) is 43.6 Å². The van der Waals surface area contributed by atoms with Gasteiger partial charge in [-0.25, -0.2) is 0 Å². The number of likely N-dealkylation sites (tertiary alicyclic amines) is 1. The maximum Gasteiger partial charge on any atom is 0.0236 e. The lowest BCUT2D eigenvalue weighted by Gasteiger charge is -2.21. The molecule has 1 heterocycles. The molecule has 2 heteroatoms. The second kappa shape index (κ2) is 7.55. The van der Waals surface area contributed by atoms with E-state index in [4.69, 9.17) is 0 Å². The monoisotopic (exact) mass is 246 g/mol. The Morgan fingerprint density at radius 2 is 1.67 bits per heavy atom. The predicted molar refractivity (Wildman–Crippen MR) is 77.6 cm³/mol. The Bertz CT molecular complexity index is 341. The lowest BCUT2D eigenvalue weighted by atomic mass is 10.1. The van der Waals surface area contributed by atoms with Crippen LogP contribution in [0.1, 0.15) is 43.7 Å². The van der Waals surface area contributed by atoms with Gasteiger partial charge in [0.25, 0.3) is 0 Å². The first-order valence-electron chi connectivity index (χ1n) is 7.40. The molecule has 0 bridgehead atoms. The third-order valence-corrected chi connectivity index (χ3v) is 3.78. The highest BCUT2D eigenvalue weighted by Crippen LogP contribution is 2.16. The van der Waals surface area contributed by atoms with Crippen LogP contribution in [0, 0.1) is 0 Å². The van der Waals surface area contributed by atoms with Gasteiger partial charge < -0.3 is 5.32 Å². The summed E-state index contributed by atoms with van der Waals surface area (Å²) in [5, 5.41) is 3.44. The molecule has 1 aliphatic rings. The van der Waals surface area contributed by atoms with Crippen molar-refractivity contribution in [3.8, 4) is 0 Å². The minimum absolute atomic E-state index is 1.00. The fourth-order valence-electron chi connectivity index (χ4n) is 2.68. The maximum atomic E-state index is 3.44. The maximum absolute atomic E-state index is 3.44. The lowest BCUT2D eigenvalue weighted by Crippen LogP contribution is -2.25. The molecule has 0 amide bonds. The number of rotatable bonds is 5. The molecule has 2 rings (SSSR count). The van der Waals surface area contributed by atoms with Crippen molar-refractivity contribution in [2.75, 3.05) is 19.6 Å². The van der Waals surface area contributed by atoms with Gasteiger partial charge in [-0.15, -0.1) is 0 Å². The molecule has 100 valence electrons. The summed E-state index contributed by atoms with van der Waals surface area (Å²) in [6.45, 7) is 7.88. The molecule has 0 radical (unpaired) electrons. The number of nitrogens with zero attached hydrogens (tertiary/aromatic N) is 1. The van der Waals surface area contributed by atoms with Crippen LogP contribution in [0.25, 0.3) is 0 Å². The van der Waals surface area contributed by atoms with Gasteiger partial charge in [-0.1, -0.05) is 44.0 Å². The molecular weight excluding hydrogens is 220 g/mol. The molecule has 1 aliphatic heterocycles. The van der Waals surface area contributed by atoms with E-state index in [2.05, 4.69) is 41.4 Å². The average molecular weight is 246 g/mol. The van der Waals surface area contributed by atoms with Crippen LogP contribution in [0.3, 0.4) is 0 Å². The first-order valence-corrected chi connectivity index (χ1v) is 7.40. The summed E-state index contributed by atoms with van der Waals surface area (Å²) < 4.78 is 0. The summed E-state index contributed by atoms with van der Waals surface area (Å²) in [5.74, 6) is 0. The molecule has 1 saturated heterocycles. The van der Waals surface area contributed by atoms with Crippen LogP contribution in [0.2, 0.25) is 0 Å². The van der Waals surface area contributed by atoms with E-state index in [9.17, 15) is 0 Å². The lowest BCUT2D eigenvalue weighted by molar-refractivity contribution is 0.276. The van der Waals surface area contributed by atoms with E-state index in [1.807, 2.05) is 0 Å². The average Bonchev–Trinajstić information content (AvgIpc) is 2.66. The molecule has 18 heavy (non-hydrogen) atoms. The summed E-state index contributed by atoms with van der Waals surface area (Å²) in [7, 11) is 0. The minimum atomic E-state index is 1.00. The molecule has 0 spiro atoms. The van der Waals surface area contributed by atoms with Crippen molar-refractivity contribution < 1.29 is 0 Å². The smallest absolute Gasteiger partial charge is 0.0236 e. The van der Waals surface area contributed by atoms with Crippen molar-refractivity contribution in [3.05, 3.63) is 35.4 Å². The predicted octanol–water partition coefficient (Wildman–Crippen LogP) is 3.17. The Labute approximate surface area is 111 Å². The first-order chi connectivity index (χ1) is 8.90.